The molecule has 1 heterocycles. The molecular formula is C21H19F2N3O4. The molecule has 30 heavy (non-hydrogen) atoms. The second kappa shape index (κ2) is 8.83. The molecule has 7 nitrogen and oxygen atoms in total. The molecular weight excluding hydrogens is 396 g/mol. The van der Waals surface area contributed by atoms with E-state index in [9.17, 15) is 23.5 Å². The van der Waals surface area contributed by atoms with Crippen LogP contribution >= 0.6 is 0 Å². The summed E-state index contributed by atoms with van der Waals surface area (Å²) < 4.78 is 32.7. The average Bonchev–Trinajstić information content (AvgIpc) is 3.10. The fraction of sp³-hybridized carbons (Fsp3) is 0.190. The quantitative estimate of drug-likeness (QED) is 0.546. The van der Waals surface area contributed by atoms with Gasteiger partial charge in [0.1, 0.15) is 17.3 Å². The smallest absolute Gasteiger partial charge is 0.289 e. The molecule has 0 aliphatic heterocycles. The molecule has 2 atom stereocenters. The molecule has 0 fully saturated rings. The van der Waals surface area contributed by atoms with Crippen molar-refractivity contribution in [2.45, 2.75) is 25.5 Å². The Balaban J connectivity index is 1.90. The summed E-state index contributed by atoms with van der Waals surface area (Å²) in [7, 11) is 0. The summed E-state index contributed by atoms with van der Waals surface area (Å²) in [4.78, 5) is 28.5. The molecule has 3 rings (SSSR count). The molecule has 0 radical (unpaired) electrons. The molecule has 0 aliphatic carbocycles. The zero-order valence-electron chi connectivity index (χ0n) is 15.9. The third kappa shape index (κ3) is 4.69. The van der Waals surface area contributed by atoms with E-state index in [4.69, 9.17) is 10.2 Å². The lowest BCUT2D eigenvalue weighted by molar-refractivity contribution is -0.127. The SMILES string of the molecule is Cc1nc(-c2ccccc2F)c(C(=O)NC(Cc2ccc(F)cc2)C(O)C(N)=O)o1. The number of halogens is 2. The number of aryl methyl sites for hydroxylation is 1. The van der Waals surface area contributed by atoms with Gasteiger partial charge in [-0.2, -0.15) is 0 Å². The first-order valence-corrected chi connectivity index (χ1v) is 9.01. The highest BCUT2D eigenvalue weighted by Gasteiger charge is 2.30. The second-order valence-corrected chi connectivity index (χ2v) is 6.65. The normalized spacial score (nSPS) is 12.9. The van der Waals surface area contributed by atoms with Gasteiger partial charge in [-0.25, -0.2) is 13.8 Å². The molecule has 2 aromatic carbocycles. The Kier molecular flexibility index (Phi) is 6.22. The van der Waals surface area contributed by atoms with Gasteiger partial charge in [-0.1, -0.05) is 24.3 Å². The van der Waals surface area contributed by atoms with Gasteiger partial charge in [0.2, 0.25) is 11.7 Å². The minimum absolute atomic E-state index is 0.0156. The Morgan fingerprint density at radius 1 is 1.17 bits per heavy atom. The zero-order chi connectivity index (χ0) is 21.8. The van der Waals surface area contributed by atoms with Gasteiger partial charge in [-0.05, 0) is 36.2 Å². The number of aliphatic hydroxyl groups excluding tert-OH is 1. The number of hydrogen-bond donors (Lipinski definition) is 3. The van der Waals surface area contributed by atoms with E-state index in [1.807, 2.05) is 0 Å². The van der Waals surface area contributed by atoms with Gasteiger partial charge >= 0.3 is 0 Å². The third-order valence-electron chi connectivity index (χ3n) is 4.43. The number of carbonyl (C=O) groups excluding carboxylic acids is 2. The highest BCUT2D eigenvalue weighted by molar-refractivity contribution is 5.98. The summed E-state index contributed by atoms with van der Waals surface area (Å²) in [5, 5.41) is 12.6. The van der Waals surface area contributed by atoms with Gasteiger partial charge < -0.3 is 20.6 Å². The fourth-order valence-electron chi connectivity index (χ4n) is 2.97. The van der Waals surface area contributed by atoms with Crippen molar-refractivity contribution in [3.63, 3.8) is 0 Å². The Hall–Kier alpha value is -3.59. The fourth-order valence-corrected chi connectivity index (χ4v) is 2.97. The Labute approximate surface area is 170 Å². The van der Waals surface area contributed by atoms with Crippen LogP contribution in [0.1, 0.15) is 22.0 Å². The number of carbonyl (C=O) groups is 2. The van der Waals surface area contributed by atoms with Gasteiger partial charge in [0.25, 0.3) is 5.91 Å². The van der Waals surface area contributed by atoms with Gasteiger partial charge in [0.05, 0.1) is 6.04 Å². The lowest BCUT2D eigenvalue weighted by Crippen LogP contribution is -2.50. The number of hydrogen-bond acceptors (Lipinski definition) is 5. The van der Waals surface area contributed by atoms with E-state index >= 15 is 0 Å². The lowest BCUT2D eigenvalue weighted by Gasteiger charge is -2.22. The van der Waals surface area contributed by atoms with Gasteiger partial charge in [-0.15, -0.1) is 0 Å². The van der Waals surface area contributed by atoms with Crippen molar-refractivity contribution in [2.24, 2.45) is 5.73 Å². The molecule has 3 aromatic rings. The standard InChI is InChI=1S/C21H19F2N3O4/c1-11-25-17(14-4-2-3-5-15(14)23)19(30-11)21(29)26-16(18(27)20(24)28)10-12-6-8-13(22)9-7-12/h2-9,16,18,27H,10H2,1H3,(H2,24,28)(H,26,29). The number of primary amides is 1. The van der Waals surface area contributed by atoms with E-state index in [-0.39, 0.29) is 29.3 Å². The lowest BCUT2D eigenvalue weighted by atomic mass is 10.00. The van der Waals surface area contributed by atoms with Crippen molar-refractivity contribution in [3.8, 4) is 11.3 Å². The summed E-state index contributed by atoms with van der Waals surface area (Å²) in [6.45, 7) is 1.50. The predicted octanol–water partition coefficient (Wildman–Crippen LogP) is 2.12. The van der Waals surface area contributed by atoms with Crippen LogP contribution in [0.4, 0.5) is 8.78 Å². The Morgan fingerprint density at radius 3 is 2.47 bits per heavy atom. The molecule has 2 amide bonds. The zero-order valence-corrected chi connectivity index (χ0v) is 15.9. The first-order valence-electron chi connectivity index (χ1n) is 9.01. The van der Waals surface area contributed by atoms with Crippen molar-refractivity contribution in [1.82, 2.24) is 10.3 Å². The van der Waals surface area contributed by atoms with Crippen molar-refractivity contribution in [1.29, 1.82) is 0 Å². The van der Waals surface area contributed by atoms with Crippen molar-refractivity contribution < 1.29 is 27.9 Å². The summed E-state index contributed by atoms with van der Waals surface area (Å²) in [6.07, 6.45) is -1.74. The molecule has 0 saturated heterocycles. The number of nitrogens with zero attached hydrogens (tertiary/aromatic N) is 1. The molecule has 0 bridgehead atoms. The molecule has 9 heteroatoms. The van der Waals surface area contributed by atoms with Gasteiger partial charge in [-0.3, -0.25) is 9.59 Å². The van der Waals surface area contributed by atoms with Crippen LogP contribution in [0, 0.1) is 18.6 Å². The van der Waals surface area contributed by atoms with Gasteiger partial charge in [0, 0.05) is 12.5 Å². The maximum Gasteiger partial charge on any atom is 0.289 e. The molecule has 0 aliphatic rings. The summed E-state index contributed by atoms with van der Waals surface area (Å²) >= 11 is 0. The maximum atomic E-state index is 14.2. The van der Waals surface area contributed by atoms with Crippen LogP contribution in [-0.2, 0) is 11.2 Å². The Bertz CT molecular complexity index is 1070. The van der Waals surface area contributed by atoms with Crippen LogP contribution < -0.4 is 11.1 Å². The minimum Gasteiger partial charge on any atom is -0.435 e. The first-order chi connectivity index (χ1) is 14.3. The monoisotopic (exact) mass is 415 g/mol. The van der Waals surface area contributed by atoms with Crippen LogP contribution in [0.15, 0.2) is 52.9 Å². The number of amides is 2. The van der Waals surface area contributed by atoms with Crippen LogP contribution in [-0.4, -0.2) is 34.1 Å². The number of rotatable bonds is 7. The number of aliphatic hydroxyl groups is 1. The Morgan fingerprint density at radius 2 is 1.83 bits per heavy atom. The van der Waals surface area contributed by atoms with E-state index in [1.54, 1.807) is 6.07 Å². The molecule has 156 valence electrons. The summed E-state index contributed by atoms with van der Waals surface area (Å²) in [5.74, 6) is -3.07. The van der Waals surface area contributed by atoms with E-state index in [0.29, 0.717) is 5.56 Å². The molecule has 0 saturated carbocycles. The summed E-state index contributed by atoms with van der Waals surface area (Å²) in [5.41, 5.74) is 5.78. The van der Waals surface area contributed by atoms with Crippen molar-refractivity contribution in [3.05, 3.63) is 77.4 Å². The van der Waals surface area contributed by atoms with E-state index in [2.05, 4.69) is 10.3 Å². The highest BCUT2D eigenvalue weighted by Crippen LogP contribution is 2.26. The predicted molar refractivity (Wildman–Crippen MR) is 103 cm³/mol. The van der Waals surface area contributed by atoms with Gasteiger partial charge in [0.15, 0.2) is 12.0 Å². The average molecular weight is 415 g/mol. The maximum absolute atomic E-state index is 14.2. The minimum atomic E-state index is -1.72. The number of oxazole rings is 1. The van der Waals surface area contributed by atoms with Crippen molar-refractivity contribution in [2.75, 3.05) is 0 Å². The van der Waals surface area contributed by atoms with Crippen LogP contribution in [0.5, 0.6) is 0 Å². The molecule has 0 spiro atoms. The third-order valence-corrected chi connectivity index (χ3v) is 4.43. The molecule has 4 N–H and O–H groups in total. The largest absolute Gasteiger partial charge is 0.435 e. The van der Waals surface area contributed by atoms with E-state index < -0.39 is 35.6 Å². The number of nitrogens with one attached hydrogen (secondary N) is 1. The number of benzene rings is 2. The van der Waals surface area contributed by atoms with Crippen LogP contribution in [0.25, 0.3) is 11.3 Å². The highest BCUT2D eigenvalue weighted by atomic mass is 19.1. The van der Waals surface area contributed by atoms with Crippen LogP contribution in [0.3, 0.4) is 0 Å². The topological polar surface area (TPSA) is 118 Å². The van der Waals surface area contributed by atoms with Crippen molar-refractivity contribution >= 4 is 11.8 Å². The number of aromatic nitrogens is 1. The number of nitrogens with two attached hydrogens (primary N) is 1. The second-order valence-electron chi connectivity index (χ2n) is 6.65. The van der Waals surface area contributed by atoms with E-state index in [0.717, 1.165) is 0 Å². The first kappa shape index (κ1) is 21.1. The molecule has 1 aromatic heterocycles. The molecule has 2 unspecified atom stereocenters. The van der Waals surface area contributed by atoms with E-state index in [1.165, 1.54) is 49.4 Å². The van der Waals surface area contributed by atoms with Crippen LogP contribution in [0.2, 0.25) is 0 Å². The summed E-state index contributed by atoms with van der Waals surface area (Å²) in [6, 6.07) is 9.91.